The molecule has 612 valence electrons. The molecule has 0 atom stereocenters. The molecule has 0 N–H and O–H groups in total. The smallest absolute Gasteiger partial charge is 0.0720 e. The van der Waals surface area contributed by atoms with E-state index in [0.29, 0.717) is 0 Å². The van der Waals surface area contributed by atoms with Crippen LogP contribution in [0, 0.1) is 0 Å². The molecule has 2 spiro atoms. The molecular weight excluding hydrogens is 1610 g/mol. The van der Waals surface area contributed by atoms with Crippen molar-refractivity contribution in [3.63, 3.8) is 0 Å². The number of fused-ring (bicyclic) bond motifs is 24. The molecule has 0 unspecified atom stereocenters. The first kappa shape index (κ1) is 76.8. The maximum Gasteiger partial charge on any atom is 0.0720 e. The quantitative estimate of drug-likeness (QED) is 0.120. The van der Waals surface area contributed by atoms with Crippen LogP contribution in [0.4, 0.5) is 34.1 Å². The highest BCUT2D eigenvalue weighted by Gasteiger charge is 2.58. The van der Waals surface area contributed by atoms with Crippen LogP contribution in [0.1, 0.15) is 91.7 Å². The minimum atomic E-state index is -0.567. The number of hydrogen-bond donors (Lipinski definition) is 0. The minimum absolute atomic E-state index is 0.132. The normalized spacial score (nSPS) is 13.9. The summed E-state index contributed by atoms with van der Waals surface area (Å²) in [5, 5.41) is 5.27. The van der Waals surface area contributed by atoms with Gasteiger partial charge in [0, 0.05) is 79.9 Å². The first-order valence-corrected chi connectivity index (χ1v) is 46.8. The van der Waals surface area contributed by atoms with Gasteiger partial charge in [0.2, 0.25) is 0 Å². The summed E-state index contributed by atoms with van der Waals surface area (Å²) in [5.41, 5.74) is 38.5. The van der Waals surface area contributed by atoms with E-state index in [-0.39, 0.29) is 5.41 Å². The number of thiophene rings is 2. The van der Waals surface area contributed by atoms with Crippen LogP contribution in [-0.4, -0.2) is 0 Å². The molecule has 0 bridgehead atoms. The Morgan fingerprint density at radius 3 is 0.792 bits per heavy atom. The standard InChI is InChI=1S/C68H45NS.C58H41NS/c1-4-19-46(20-5-1)47-35-39-51(40-36-47)69(52-41-37-48(38-42-52)54-27-18-28-57-56-26-11-17-34-65(56)70-66(54)57)53-43-44-60-58(45-53)55-25-10-12-29-59(55)68(60)63-32-15-13-30-61(63)67(49-21-6-2-7-22-49,50-23-8-3-9-24-50)62-31-14-16-33-64(62)68;1-57(2)51-22-9-11-24-53(51)58(54-25-12-10-23-52(54)57)49-21-8-6-17-45(49)48-37-43(35-36-50(48)58)59(41-31-27-39(28-32-41)38-15-4-3-5-16-38)42-33-29-40(30-34-42)44-19-14-20-47-46-18-7-13-26-55(46)60-56(44)47/h1-45H;3-37H,1-2H3. The van der Waals surface area contributed by atoms with Gasteiger partial charge in [-0.1, -0.05) is 414 Å². The average molecular weight is 1690 g/mol. The molecule has 4 heteroatoms. The monoisotopic (exact) mass is 1690 g/mol. The Balaban J connectivity index is 0.000000142. The van der Waals surface area contributed by atoms with Crippen LogP contribution < -0.4 is 9.80 Å². The van der Waals surface area contributed by atoms with E-state index in [1.165, 1.54) is 185 Å². The van der Waals surface area contributed by atoms with E-state index in [9.17, 15) is 0 Å². The fraction of sp³-hybridized carbons (Fsp3) is 0.0476. The summed E-state index contributed by atoms with van der Waals surface area (Å²) in [6.07, 6.45) is 0. The van der Waals surface area contributed by atoms with Gasteiger partial charge >= 0.3 is 0 Å². The topological polar surface area (TPSA) is 6.48 Å². The highest BCUT2D eigenvalue weighted by Crippen LogP contribution is 2.67. The minimum Gasteiger partial charge on any atom is -0.310 e. The van der Waals surface area contributed by atoms with Gasteiger partial charge in [-0.25, -0.2) is 0 Å². The van der Waals surface area contributed by atoms with Crippen molar-refractivity contribution in [2.75, 3.05) is 9.80 Å². The molecule has 2 aromatic heterocycles. The van der Waals surface area contributed by atoms with E-state index in [4.69, 9.17) is 0 Å². The van der Waals surface area contributed by atoms with Gasteiger partial charge in [-0.05, 0) is 230 Å². The van der Waals surface area contributed by atoms with Gasteiger partial charge in [0.1, 0.15) is 0 Å². The third-order valence-corrected chi connectivity index (χ3v) is 31.1. The average Bonchev–Trinajstić information content (AvgIpc) is 1.47. The van der Waals surface area contributed by atoms with Gasteiger partial charge in [0.25, 0.3) is 0 Å². The lowest BCUT2D eigenvalue weighted by molar-refractivity contribution is 0.563. The Labute approximate surface area is 766 Å². The van der Waals surface area contributed by atoms with Crippen molar-refractivity contribution >= 4 is 97.1 Å². The third kappa shape index (κ3) is 11.6. The zero-order valence-corrected chi connectivity index (χ0v) is 73.5. The maximum atomic E-state index is 2.46. The van der Waals surface area contributed by atoms with Crippen molar-refractivity contribution < 1.29 is 0 Å². The van der Waals surface area contributed by atoms with Crippen molar-refractivity contribution in [2.24, 2.45) is 0 Å². The molecular formula is C126H86N2S2. The van der Waals surface area contributed by atoms with Crippen molar-refractivity contribution in [1.29, 1.82) is 0 Å². The molecule has 0 saturated carbocycles. The van der Waals surface area contributed by atoms with Crippen molar-refractivity contribution in [1.82, 2.24) is 0 Å². The predicted octanol–water partition coefficient (Wildman–Crippen LogP) is 33.8. The fourth-order valence-electron chi connectivity index (χ4n) is 23.0. The van der Waals surface area contributed by atoms with Gasteiger partial charge in [0.15, 0.2) is 0 Å². The lowest BCUT2D eigenvalue weighted by Crippen LogP contribution is -2.44. The summed E-state index contributed by atoms with van der Waals surface area (Å²) >= 11 is 3.76. The van der Waals surface area contributed by atoms with Gasteiger partial charge < -0.3 is 9.80 Å². The highest BCUT2D eigenvalue weighted by atomic mass is 32.1. The molecule has 0 fully saturated rings. The van der Waals surface area contributed by atoms with E-state index < -0.39 is 16.2 Å². The lowest BCUT2D eigenvalue weighted by Gasteiger charge is -2.50. The summed E-state index contributed by atoms with van der Waals surface area (Å²) in [7, 11) is 0. The summed E-state index contributed by atoms with van der Waals surface area (Å²) in [6, 6.07) is 181. The van der Waals surface area contributed by atoms with Crippen molar-refractivity contribution in [3.05, 3.63) is 563 Å². The van der Waals surface area contributed by atoms with E-state index >= 15 is 0 Å². The molecule has 0 amide bonds. The summed E-state index contributed by atoms with van der Waals surface area (Å²) in [6.45, 7) is 4.77. The second-order valence-corrected chi connectivity index (χ2v) is 37.6. The Morgan fingerprint density at radius 2 is 0.423 bits per heavy atom. The molecule has 20 aromatic carbocycles. The predicted molar refractivity (Wildman–Crippen MR) is 548 cm³/mol. The Kier molecular flexibility index (Phi) is 18.1. The van der Waals surface area contributed by atoms with Gasteiger partial charge in [-0.2, -0.15) is 0 Å². The first-order chi connectivity index (χ1) is 64.2. The molecule has 4 aliphatic carbocycles. The SMILES string of the molecule is CC1(C)c2ccccc2C2(c3ccccc3-c3cc(N(c4ccc(-c5ccccc5)cc4)c4ccc(-c5cccc6c5sc5ccccc56)cc4)ccc32)c2ccccc21.c1ccc(-c2ccc(N(c3ccc(-c4cccc5c4sc4ccccc45)cc3)c3ccc4c(c3)-c3ccccc3C43c4ccccc4C(c4ccccc4)(c4ccccc4)c4ccccc43)cc2)cc1. The Morgan fingerprint density at radius 1 is 0.169 bits per heavy atom. The summed E-state index contributed by atoms with van der Waals surface area (Å²) in [5.74, 6) is 0. The zero-order chi connectivity index (χ0) is 86.2. The number of hydrogen-bond acceptors (Lipinski definition) is 4. The van der Waals surface area contributed by atoms with E-state index in [1.807, 2.05) is 22.7 Å². The molecule has 0 radical (unpaired) electrons. The van der Waals surface area contributed by atoms with Crippen LogP contribution in [-0.2, 0) is 21.7 Å². The summed E-state index contributed by atoms with van der Waals surface area (Å²) in [4.78, 5) is 4.86. The molecule has 0 aliphatic heterocycles. The lowest BCUT2D eigenvalue weighted by atomic mass is 9.51. The molecule has 26 rings (SSSR count). The number of rotatable bonds is 12. The zero-order valence-electron chi connectivity index (χ0n) is 71.9. The largest absolute Gasteiger partial charge is 0.310 e. The maximum absolute atomic E-state index is 2.46. The van der Waals surface area contributed by atoms with Gasteiger partial charge in [-0.3, -0.25) is 0 Å². The second-order valence-electron chi connectivity index (χ2n) is 35.5. The Bertz CT molecular complexity index is 8030. The Hall–Kier alpha value is -15.6. The van der Waals surface area contributed by atoms with E-state index in [2.05, 4.69) is 509 Å². The molecule has 2 nitrogen and oxygen atoms in total. The van der Waals surface area contributed by atoms with Crippen molar-refractivity contribution in [3.8, 4) is 66.8 Å². The fourth-order valence-corrected chi connectivity index (χ4v) is 25.5. The van der Waals surface area contributed by atoms with Gasteiger partial charge in [-0.15, -0.1) is 22.7 Å². The third-order valence-electron chi connectivity index (χ3n) is 28.6. The first-order valence-electron chi connectivity index (χ1n) is 45.2. The van der Waals surface area contributed by atoms with Crippen LogP contribution in [0.2, 0.25) is 0 Å². The van der Waals surface area contributed by atoms with E-state index in [1.54, 1.807) is 0 Å². The second kappa shape index (κ2) is 30.6. The molecule has 130 heavy (non-hydrogen) atoms. The highest BCUT2D eigenvalue weighted by molar-refractivity contribution is 7.26. The number of anilines is 6. The molecule has 22 aromatic rings. The molecule has 0 saturated heterocycles. The molecule has 2 heterocycles. The number of benzene rings is 20. The van der Waals surface area contributed by atoms with Crippen LogP contribution in [0.25, 0.3) is 107 Å². The number of nitrogens with zero attached hydrogens (tertiary/aromatic N) is 2. The summed E-state index contributed by atoms with van der Waals surface area (Å²) < 4.78 is 5.30. The van der Waals surface area contributed by atoms with Crippen LogP contribution in [0.5, 0.6) is 0 Å². The van der Waals surface area contributed by atoms with E-state index in [0.717, 1.165) is 34.1 Å². The van der Waals surface area contributed by atoms with Gasteiger partial charge in [0.05, 0.1) is 16.2 Å². The van der Waals surface area contributed by atoms with Crippen LogP contribution in [0.3, 0.4) is 0 Å². The van der Waals surface area contributed by atoms with Crippen LogP contribution >= 0.6 is 22.7 Å². The van der Waals surface area contributed by atoms with Crippen LogP contribution in [0.15, 0.2) is 485 Å². The molecule has 4 aliphatic rings. The van der Waals surface area contributed by atoms with Crippen molar-refractivity contribution in [2.45, 2.75) is 35.5 Å².